The van der Waals surface area contributed by atoms with Crippen molar-refractivity contribution in [2.75, 3.05) is 12.4 Å². The molecule has 1 aliphatic heterocycles. The summed E-state index contributed by atoms with van der Waals surface area (Å²) in [5.41, 5.74) is 1.31. The number of hydrogen-bond acceptors (Lipinski definition) is 5. The Morgan fingerprint density at radius 2 is 2.06 bits per heavy atom. The van der Waals surface area contributed by atoms with Crippen molar-refractivity contribution in [3.63, 3.8) is 0 Å². The van der Waals surface area contributed by atoms with Gasteiger partial charge in [0.05, 0.1) is 35.3 Å². The molecule has 1 fully saturated rings. The van der Waals surface area contributed by atoms with Gasteiger partial charge in [0.15, 0.2) is 5.16 Å². The summed E-state index contributed by atoms with van der Waals surface area (Å²) in [6, 6.07) is 13.0. The molecule has 2 atom stereocenters. The quantitative estimate of drug-likeness (QED) is 0.447. The van der Waals surface area contributed by atoms with Crippen LogP contribution in [0.5, 0.6) is 0 Å². The summed E-state index contributed by atoms with van der Waals surface area (Å²) in [6.45, 7) is 2.97. The van der Waals surface area contributed by atoms with Crippen molar-refractivity contribution in [1.29, 1.82) is 0 Å². The fourth-order valence-corrected chi connectivity index (χ4v) is 4.48. The van der Waals surface area contributed by atoms with E-state index in [4.69, 9.17) is 4.74 Å². The van der Waals surface area contributed by atoms with Crippen LogP contribution in [-0.2, 0) is 16.1 Å². The number of aromatic nitrogens is 2. The maximum atomic E-state index is 13.1. The number of carbonyl (C=O) groups excluding carboxylic acids is 1. The zero-order valence-corrected chi connectivity index (χ0v) is 18.0. The second-order valence-corrected chi connectivity index (χ2v) is 8.53. The van der Waals surface area contributed by atoms with Crippen LogP contribution in [0.25, 0.3) is 10.9 Å². The number of fused-ring (bicyclic) bond motifs is 1. The number of benzene rings is 2. The predicted molar refractivity (Wildman–Crippen MR) is 119 cm³/mol. The van der Waals surface area contributed by atoms with Crippen molar-refractivity contribution in [3.05, 3.63) is 70.3 Å². The van der Waals surface area contributed by atoms with Gasteiger partial charge in [0.2, 0.25) is 5.91 Å². The van der Waals surface area contributed by atoms with Crippen LogP contribution < -0.4 is 10.9 Å². The van der Waals surface area contributed by atoms with Gasteiger partial charge >= 0.3 is 0 Å². The lowest BCUT2D eigenvalue weighted by Crippen LogP contribution is -2.30. The molecule has 1 amide bonds. The van der Waals surface area contributed by atoms with Gasteiger partial charge in [-0.05, 0) is 49.6 Å². The molecular formula is C23H24FN3O3S. The third-order valence-corrected chi connectivity index (χ3v) is 6.29. The Morgan fingerprint density at radius 3 is 2.81 bits per heavy atom. The fraction of sp³-hybridized carbons (Fsp3) is 0.348. The largest absolute Gasteiger partial charge is 0.376 e. The third kappa shape index (κ3) is 5.14. The molecule has 4 rings (SSSR count). The number of thioether (sulfide) groups is 1. The number of rotatable bonds is 7. The number of ether oxygens (including phenoxy) is 1. The Balaban J connectivity index is 1.50. The summed E-state index contributed by atoms with van der Waals surface area (Å²) >= 11 is 1.23. The molecule has 2 heterocycles. The van der Waals surface area contributed by atoms with Gasteiger partial charge in [0, 0.05) is 6.61 Å². The van der Waals surface area contributed by atoms with Crippen molar-refractivity contribution in [2.45, 2.75) is 43.6 Å². The van der Waals surface area contributed by atoms with E-state index in [1.807, 2.05) is 19.1 Å². The van der Waals surface area contributed by atoms with E-state index in [2.05, 4.69) is 10.3 Å². The fourth-order valence-electron chi connectivity index (χ4n) is 3.66. The van der Waals surface area contributed by atoms with Gasteiger partial charge < -0.3 is 10.1 Å². The predicted octanol–water partition coefficient (Wildman–Crippen LogP) is 3.68. The van der Waals surface area contributed by atoms with Crippen LogP contribution in [0, 0.1) is 5.82 Å². The van der Waals surface area contributed by atoms with E-state index in [1.54, 1.807) is 28.8 Å². The van der Waals surface area contributed by atoms with Gasteiger partial charge in [-0.2, -0.15) is 0 Å². The second-order valence-electron chi connectivity index (χ2n) is 7.59. The van der Waals surface area contributed by atoms with Gasteiger partial charge in [-0.15, -0.1) is 0 Å². The summed E-state index contributed by atoms with van der Waals surface area (Å²) in [4.78, 5) is 30.3. The number of para-hydroxylation sites is 1. The van der Waals surface area contributed by atoms with Gasteiger partial charge in [-0.3, -0.25) is 14.2 Å². The van der Waals surface area contributed by atoms with Crippen LogP contribution in [0.3, 0.4) is 0 Å². The number of halogens is 1. The molecule has 31 heavy (non-hydrogen) atoms. The minimum atomic E-state index is -0.315. The highest BCUT2D eigenvalue weighted by Gasteiger charge is 2.21. The second kappa shape index (κ2) is 9.62. The Labute approximate surface area is 183 Å². The maximum Gasteiger partial charge on any atom is 0.262 e. The highest BCUT2D eigenvalue weighted by atomic mass is 32.2. The van der Waals surface area contributed by atoms with Gasteiger partial charge in [-0.1, -0.05) is 36.0 Å². The highest BCUT2D eigenvalue weighted by Crippen LogP contribution is 2.21. The Morgan fingerprint density at radius 1 is 1.29 bits per heavy atom. The number of carbonyl (C=O) groups is 1. The van der Waals surface area contributed by atoms with Crippen LogP contribution in [0.2, 0.25) is 0 Å². The molecule has 162 valence electrons. The van der Waals surface area contributed by atoms with Crippen LogP contribution in [0.15, 0.2) is 58.5 Å². The minimum Gasteiger partial charge on any atom is -0.376 e. The Kier molecular flexibility index (Phi) is 6.67. The molecule has 8 heteroatoms. The van der Waals surface area contributed by atoms with Gasteiger partial charge in [0.1, 0.15) is 5.82 Å². The summed E-state index contributed by atoms with van der Waals surface area (Å²) in [7, 11) is 0. The molecular weight excluding hydrogens is 417 g/mol. The number of amides is 1. The monoisotopic (exact) mass is 441 g/mol. The lowest BCUT2D eigenvalue weighted by atomic mass is 10.1. The van der Waals surface area contributed by atoms with Crippen LogP contribution in [0.4, 0.5) is 4.39 Å². The van der Waals surface area contributed by atoms with Crippen LogP contribution in [-0.4, -0.2) is 33.9 Å². The number of nitrogens with zero attached hydrogens (tertiary/aromatic N) is 2. The topological polar surface area (TPSA) is 73.2 Å². The first-order valence-corrected chi connectivity index (χ1v) is 11.3. The summed E-state index contributed by atoms with van der Waals surface area (Å²) < 4.78 is 20.5. The molecule has 2 aromatic carbocycles. The first-order valence-electron chi connectivity index (χ1n) is 10.3. The van der Waals surface area contributed by atoms with Gasteiger partial charge in [0.25, 0.3) is 5.56 Å². The molecule has 0 unspecified atom stereocenters. The molecule has 1 saturated heterocycles. The standard InChI is InChI=1S/C23H24FN3O3S/c1-15(16-8-10-17(24)11-9-16)25-21(28)14-31-23-26-20-7-3-2-6-19(20)22(29)27(23)13-18-5-4-12-30-18/h2-3,6-11,15,18H,4-5,12-14H2,1H3,(H,25,28)/t15-,18+/m0/s1. The molecule has 0 radical (unpaired) electrons. The highest BCUT2D eigenvalue weighted by molar-refractivity contribution is 7.99. The molecule has 0 saturated carbocycles. The lowest BCUT2D eigenvalue weighted by Gasteiger charge is -2.17. The molecule has 0 bridgehead atoms. The van der Waals surface area contributed by atoms with Crippen molar-refractivity contribution >= 4 is 28.6 Å². The summed E-state index contributed by atoms with van der Waals surface area (Å²) in [6.07, 6.45) is 1.86. The average Bonchev–Trinajstić information content (AvgIpc) is 3.28. The first-order chi connectivity index (χ1) is 15.0. The molecule has 1 aliphatic rings. The number of hydrogen-bond donors (Lipinski definition) is 1. The molecule has 0 spiro atoms. The zero-order chi connectivity index (χ0) is 21.8. The van der Waals surface area contributed by atoms with E-state index >= 15 is 0 Å². The Bertz CT molecular complexity index is 1130. The molecule has 6 nitrogen and oxygen atoms in total. The Hall–Kier alpha value is -2.71. The molecule has 0 aliphatic carbocycles. The zero-order valence-electron chi connectivity index (χ0n) is 17.2. The van der Waals surface area contributed by atoms with E-state index in [9.17, 15) is 14.0 Å². The lowest BCUT2D eigenvalue weighted by molar-refractivity contribution is -0.119. The minimum absolute atomic E-state index is 0.0210. The van der Waals surface area contributed by atoms with E-state index in [0.717, 1.165) is 18.4 Å². The first kappa shape index (κ1) is 21.5. The summed E-state index contributed by atoms with van der Waals surface area (Å²) in [5, 5.41) is 3.97. The van der Waals surface area contributed by atoms with Crippen molar-refractivity contribution in [2.24, 2.45) is 0 Å². The maximum absolute atomic E-state index is 13.1. The smallest absolute Gasteiger partial charge is 0.262 e. The third-order valence-electron chi connectivity index (χ3n) is 5.32. The van der Waals surface area contributed by atoms with E-state index in [-0.39, 0.29) is 35.2 Å². The van der Waals surface area contributed by atoms with E-state index in [1.165, 1.54) is 23.9 Å². The van der Waals surface area contributed by atoms with Crippen molar-refractivity contribution < 1.29 is 13.9 Å². The molecule has 1 N–H and O–H groups in total. The van der Waals surface area contributed by atoms with E-state index in [0.29, 0.717) is 29.2 Å². The van der Waals surface area contributed by atoms with Gasteiger partial charge in [-0.25, -0.2) is 9.37 Å². The van der Waals surface area contributed by atoms with Crippen LogP contribution in [0.1, 0.15) is 31.4 Å². The van der Waals surface area contributed by atoms with Crippen LogP contribution >= 0.6 is 11.8 Å². The van der Waals surface area contributed by atoms with Crippen molar-refractivity contribution in [3.8, 4) is 0 Å². The normalized spacial score (nSPS) is 17.0. The van der Waals surface area contributed by atoms with E-state index < -0.39 is 0 Å². The number of nitrogens with one attached hydrogen (secondary N) is 1. The summed E-state index contributed by atoms with van der Waals surface area (Å²) in [5.74, 6) is -0.390. The van der Waals surface area contributed by atoms with Crippen molar-refractivity contribution in [1.82, 2.24) is 14.9 Å². The molecule has 3 aromatic rings. The molecule has 1 aromatic heterocycles. The average molecular weight is 442 g/mol. The SMILES string of the molecule is C[C@H](NC(=O)CSc1nc2ccccc2c(=O)n1C[C@H]1CCCO1)c1ccc(F)cc1.